The second-order valence-electron chi connectivity index (χ2n) is 5.81. The first-order valence-electron chi connectivity index (χ1n) is 8.21. The van der Waals surface area contributed by atoms with Crippen molar-refractivity contribution in [3.8, 4) is 5.75 Å². The summed E-state index contributed by atoms with van der Waals surface area (Å²) in [7, 11) is 0. The highest BCUT2D eigenvalue weighted by Gasteiger charge is 2.19. The highest BCUT2D eigenvalue weighted by atomic mass is 16.5. The predicted octanol–water partition coefficient (Wildman–Crippen LogP) is 3.40. The van der Waals surface area contributed by atoms with Crippen molar-refractivity contribution < 1.29 is 4.74 Å². The molecule has 1 saturated heterocycles. The molecule has 2 aromatic rings. The van der Waals surface area contributed by atoms with E-state index in [1.807, 2.05) is 30.3 Å². The molecule has 1 heterocycles. The molecule has 1 fully saturated rings. The van der Waals surface area contributed by atoms with Crippen molar-refractivity contribution in [2.45, 2.75) is 12.6 Å². The molecule has 0 amide bonds. The third-order valence-corrected chi connectivity index (χ3v) is 4.22. The van der Waals surface area contributed by atoms with Gasteiger partial charge in [-0.15, -0.1) is 6.58 Å². The zero-order valence-corrected chi connectivity index (χ0v) is 13.4. The number of benzene rings is 2. The van der Waals surface area contributed by atoms with E-state index in [9.17, 15) is 0 Å². The fourth-order valence-corrected chi connectivity index (χ4v) is 2.99. The van der Waals surface area contributed by atoms with Gasteiger partial charge in [0.05, 0.1) is 6.04 Å². The van der Waals surface area contributed by atoms with Gasteiger partial charge in [-0.25, -0.2) is 0 Å². The number of nitrogens with zero attached hydrogens (tertiary/aromatic N) is 1. The second-order valence-corrected chi connectivity index (χ2v) is 5.81. The van der Waals surface area contributed by atoms with Crippen molar-refractivity contribution in [2.75, 3.05) is 26.2 Å². The van der Waals surface area contributed by atoms with Crippen LogP contribution in [0, 0.1) is 0 Å². The molecule has 0 saturated carbocycles. The van der Waals surface area contributed by atoms with Crippen molar-refractivity contribution in [3.63, 3.8) is 0 Å². The van der Waals surface area contributed by atoms with Crippen LogP contribution in [0.1, 0.15) is 17.2 Å². The van der Waals surface area contributed by atoms with E-state index in [-0.39, 0.29) is 6.04 Å². The van der Waals surface area contributed by atoms with Gasteiger partial charge in [0.25, 0.3) is 0 Å². The van der Waals surface area contributed by atoms with Crippen LogP contribution in [0.3, 0.4) is 0 Å². The van der Waals surface area contributed by atoms with Crippen molar-refractivity contribution >= 4 is 0 Å². The molecule has 3 rings (SSSR count). The van der Waals surface area contributed by atoms with Crippen LogP contribution in [0.4, 0.5) is 0 Å². The van der Waals surface area contributed by atoms with Crippen LogP contribution in [-0.2, 0) is 6.61 Å². The maximum Gasteiger partial charge on any atom is 0.120 e. The first kappa shape index (κ1) is 15.8. The highest BCUT2D eigenvalue weighted by molar-refractivity contribution is 5.33. The molecule has 0 aliphatic carbocycles. The average molecular weight is 308 g/mol. The van der Waals surface area contributed by atoms with E-state index in [2.05, 4.69) is 47.1 Å². The van der Waals surface area contributed by atoms with E-state index < -0.39 is 0 Å². The molecule has 3 nitrogen and oxygen atoms in total. The summed E-state index contributed by atoms with van der Waals surface area (Å²) >= 11 is 0. The SMILES string of the molecule is C=C[C@@H](c1cccc(OCc2ccccc2)c1)N1CCNCC1. The van der Waals surface area contributed by atoms with Crippen molar-refractivity contribution in [3.05, 3.63) is 78.4 Å². The van der Waals surface area contributed by atoms with Gasteiger partial charge in [-0.05, 0) is 23.3 Å². The summed E-state index contributed by atoms with van der Waals surface area (Å²) in [5.74, 6) is 0.910. The smallest absolute Gasteiger partial charge is 0.120 e. The second kappa shape index (κ2) is 7.95. The lowest BCUT2D eigenvalue weighted by atomic mass is 10.0. The maximum absolute atomic E-state index is 5.95. The van der Waals surface area contributed by atoms with Gasteiger partial charge in [-0.2, -0.15) is 0 Å². The number of ether oxygens (including phenoxy) is 1. The molecule has 1 atom stereocenters. The fourth-order valence-electron chi connectivity index (χ4n) is 2.99. The van der Waals surface area contributed by atoms with Crippen LogP contribution in [0.5, 0.6) is 5.75 Å². The van der Waals surface area contributed by atoms with Crippen LogP contribution in [0.15, 0.2) is 67.3 Å². The van der Waals surface area contributed by atoms with E-state index in [0.29, 0.717) is 6.61 Å². The molecule has 0 aromatic heterocycles. The summed E-state index contributed by atoms with van der Waals surface area (Å²) in [4.78, 5) is 2.46. The Bertz CT molecular complexity index is 621. The Balaban J connectivity index is 1.69. The molecule has 23 heavy (non-hydrogen) atoms. The van der Waals surface area contributed by atoms with Gasteiger partial charge in [-0.1, -0.05) is 48.5 Å². The molecular weight excluding hydrogens is 284 g/mol. The first-order valence-corrected chi connectivity index (χ1v) is 8.21. The molecular formula is C20H24N2O. The monoisotopic (exact) mass is 308 g/mol. The Morgan fingerprint density at radius 2 is 1.87 bits per heavy atom. The Hall–Kier alpha value is -2.10. The summed E-state index contributed by atoms with van der Waals surface area (Å²) in [6.07, 6.45) is 2.03. The van der Waals surface area contributed by atoms with E-state index in [1.165, 1.54) is 11.1 Å². The minimum absolute atomic E-state index is 0.248. The van der Waals surface area contributed by atoms with E-state index >= 15 is 0 Å². The first-order chi connectivity index (χ1) is 11.4. The average Bonchev–Trinajstić information content (AvgIpc) is 2.63. The molecule has 1 N–H and O–H groups in total. The molecule has 2 aromatic carbocycles. The highest BCUT2D eigenvalue weighted by Crippen LogP contribution is 2.26. The van der Waals surface area contributed by atoms with Crippen LogP contribution in [0.25, 0.3) is 0 Å². The van der Waals surface area contributed by atoms with Gasteiger partial charge in [-0.3, -0.25) is 4.90 Å². The summed E-state index contributed by atoms with van der Waals surface area (Å²) in [5.41, 5.74) is 2.42. The fraction of sp³-hybridized carbons (Fsp3) is 0.300. The third-order valence-electron chi connectivity index (χ3n) is 4.22. The van der Waals surface area contributed by atoms with Crippen molar-refractivity contribution in [2.24, 2.45) is 0 Å². The van der Waals surface area contributed by atoms with Crippen molar-refractivity contribution in [1.82, 2.24) is 10.2 Å². The van der Waals surface area contributed by atoms with Gasteiger partial charge < -0.3 is 10.1 Å². The molecule has 3 heteroatoms. The van der Waals surface area contributed by atoms with Crippen LogP contribution in [0.2, 0.25) is 0 Å². The van der Waals surface area contributed by atoms with Crippen LogP contribution < -0.4 is 10.1 Å². The standard InChI is InChI=1S/C20H24N2O/c1-2-20(22-13-11-21-12-14-22)18-9-6-10-19(15-18)23-16-17-7-4-3-5-8-17/h2-10,15,20-21H,1,11-14,16H2/t20-/m0/s1. The zero-order chi connectivity index (χ0) is 15.9. The molecule has 1 aliphatic rings. The molecule has 120 valence electrons. The van der Waals surface area contributed by atoms with Gasteiger partial charge >= 0.3 is 0 Å². The van der Waals surface area contributed by atoms with E-state index in [1.54, 1.807) is 0 Å². The van der Waals surface area contributed by atoms with Gasteiger partial charge in [0.1, 0.15) is 12.4 Å². The minimum atomic E-state index is 0.248. The number of hydrogen-bond acceptors (Lipinski definition) is 3. The lowest BCUT2D eigenvalue weighted by molar-refractivity contribution is 0.203. The van der Waals surface area contributed by atoms with Crippen molar-refractivity contribution in [1.29, 1.82) is 0 Å². The van der Waals surface area contributed by atoms with Gasteiger partial charge in [0.2, 0.25) is 0 Å². The summed E-state index contributed by atoms with van der Waals surface area (Å²) in [5, 5.41) is 3.39. The van der Waals surface area contributed by atoms with E-state index in [4.69, 9.17) is 4.74 Å². The summed E-state index contributed by atoms with van der Waals surface area (Å²) < 4.78 is 5.95. The maximum atomic E-state index is 5.95. The van der Waals surface area contributed by atoms with Crippen LogP contribution >= 0.6 is 0 Å². The Morgan fingerprint density at radius 3 is 2.61 bits per heavy atom. The number of piperazine rings is 1. The molecule has 0 spiro atoms. The molecule has 0 bridgehead atoms. The Morgan fingerprint density at radius 1 is 1.09 bits per heavy atom. The summed E-state index contributed by atoms with van der Waals surface area (Å²) in [6.45, 7) is 8.79. The molecule has 0 unspecified atom stereocenters. The topological polar surface area (TPSA) is 24.5 Å². The number of hydrogen-bond donors (Lipinski definition) is 1. The third kappa shape index (κ3) is 4.21. The Kier molecular flexibility index (Phi) is 5.46. The normalized spacial score (nSPS) is 16.7. The zero-order valence-electron chi connectivity index (χ0n) is 13.4. The molecule has 0 radical (unpaired) electrons. The lowest BCUT2D eigenvalue weighted by Crippen LogP contribution is -2.44. The predicted molar refractivity (Wildman–Crippen MR) is 94.6 cm³/mol. The molecule has 1 aliphatic heterocycles. The largest absolute Gasteiger partial charge is 0.489 e. The van der Waals surface area contributed by atoms with Gasteiger partial charge in [0, 0.05) is 26.2 Å². The Labute approximate surface area is 138 Å². The minimum Gasteiger partial charge on any atom is -0.489 e. The van der Waals surface area contributed by atoms with Gasteiger partial charge in [0.15, 0.2) is 0 Å². The van der Waals surface area contributed by atoms with Crippen LogP contribution in [-0.4, -0.2) is 31.1 Å². The number of nitrogens with one attached hydrogen (secondary N) is 1. The summed E-state index contributed by atoms with van der Waals surface area (Å²) in [6, 6.07) is 18.9. The quantitative estimate of drug-likeness (QED) is 0.828. The van der Waals surface area contributed by atoms with E-state index in [0.717, 1.165) is 31.9 Å². The lowest BCUT2D eigenvalue weighted by Gasteiger charge is -2.33. The number of rotatable bonds is 6.